The number of nitrogens with zero attached hydrogens (tertiary/aromatic N) is 1. The van der Waals surface area contributed by atoms with Crippen molar-refractivity contribution < 1.29 is 9.47 Å². The third kappa shape index (κ3) is 4.00. The smallest absolute Gasteiger partial charge is 0.170 e. The van der Waals surface area contributed by atoms with Crippen LogP contribution in [0, 0.1) is 5.41 Å². The Hall–Kier alpha value is -0.120. The van der Waals surface area contributed by atoms with Gasteiger partial charge in [-0.05, 0) is 59.5 Å². The molecule has 0 bridgehead atoms. The van der Waals surface area contributed by atoms with E-state index >= 15 is 0 Å². The first-order valence-corrected chi connectivity index (χ1v) is 8.71. The molecule has 0 radical (unpaired) electrons. The highest BCUT2D eigenvalue weighted by Gasteiger charge is 2.46. The maximum atomic E-state index is 6.26. The average Bonchev–Trinajstić information content (AvgIpc) is 2.81. The van der Waals surface area contributed by atoms with Crippen LogP contribution in [-0.2, 0) is 9.47 Å². The molecule has 2 saturated heterocycles. The lowest BCUT2D eigenvalue weighted by molar-refractivity contribution is -0.218. The Kier molecular flexibility index (Phi) is 5.07. The summed E-state index contributed by atoms with van der Waals surface area (Å²) in [7, 11) is 0. The Labute approximate surface area is 131 Å². The predicted molar refractivity (Wildman–Crippen MR) is 87.4 cm³/mol. The molecule has 0 spiro atoms. The van der Waals surface area contributed by atoms with Crippen LogP contribution in [0.4, 0.5) is 0 Å². The highest BCUT2D eigenvalue weighted by Crippen LogP contribution is 2.40. The van der Waals surface area contributed by atoms with Gasteiger partial charge in [-0.15, -0.1) is 0 Å². The van der Waals surface area contributed by atoms with E-state index in [9.17, 15) is 0 Å². The maximum absolute atomic E-state index is 6.26. The quantitative estimate of drug-likeness (QED) is 0.776. The van der Waals surface area contributed by atoms with E-state index in [1.807, 2.05) is 0 Å². The van der Waals surface area contributed by atoms with Gasteiger partial charge in [-0.25, -0.2) is 0 Å². The molecule has 0 amide bonds. The van der Waals surface area contributed by atoms with Gasteiger partial charge in [0, 0.05) is 11.0 Å². The van der Waals surface area contributed by atoms with E-state index in [4.69, 9.17) is 9.47 Å². The fourth-order valence-corrected chi connectivity index (χ4v) is 3.35. The maximum Gasteiger partial charge on any atom is 0.170 e. The summed E-state index contributed by atoms with van der Waals surface area (Å²) in [5.41, 5.74) is 0.300. The molecule has 2 aliphatic rings. The molecule has 0 aromatic rings. The molecular weight excluding hydrogens is 262 g/mol. The molecule has 0 aromatic heterocycles. The van der Waals surface area contributed by atoms with E-state index in [0.717, 1.165) is 13.0 Å². The predicted octanol–water partition coefficient (Wildman–Crippen LogP) is 4.21. The number of piperidine rings is 1. The van der Waals surface area contributed by atoms with Crippen LogP contribution >= 0.6 is 0 Å². The average molecular weight is 297 g/mol. The Balaban J connectivity index is 1.83. The monoisotopic (exact) mass is 297 g/mol. The van der Waals surface area contributed by atoms with Crippen LogP contribution in [0.5, 0.6) is 0 Å². The van der Waals surface area contributed by atoms with Gasteiger partial charge in [0.1, 0.15) is 0 Å². The van der Waals surface area contributed by atoms with Crippen LogP contribution in [0.2, 0.25) is 0 Å². The molecule has 2 heterocycles. The largest absolute Gasteiger partial charge is 0.347 e. The van der Waals surface area contributed by atoms with Gasteiger partial charge < -0.3 is 9.47 Å². The third-order valence-electron chi connectivity index (χ3n) is 5.59. The summed E-state index contributed by atoms with van der Waals surface area (Å²) in [4.78, 5) is 2.66. The van der Waals surface area contributed by atoms with Crippen molar-refractivity contribution in [1.82, 2.24) is 4.90 Å². The fraction of sp³-hybridized carbons (Fsp3) is 1.00. The first kappa shape index (κ1) is 17.2. The lowest BCUT2D eigenvalue weighted by Crippen LogP contribution is -2.47. The second-order valence-corrected chi connectivity index (χ2v) is 8.65. The van der Waals surface area contributed by atoms with Gasteiger partial charge in [0.05, 0.1) is 12.7 Å². The van der Waals surface area contributed by atoms with E-state index in [1.165, 1.54) is 38.8 Å². The van der Waals surface area contributed by atoms with E-state index in [2.05, 4.69) is 46.4 Å². The highest BCUT2D eigenvalue weighted by atomic mass is 16.7. The van der Waals surface area contributed by atoms with E-state index in [1.54, 1.807) is 0 Å². The Morgan fingerprint density at radius 2 is 1.67 bits per heavy atom. The first-order valence-electron chi connectivity index (χ1n) is 8.71. The van der Waals surface area contributed by atoms with Crippen LogP contribution in [0.25, 0.3) is 0 Å². The lowest BCUT2D eigenvalue weighted by Gasteiger charge is -2.41. The highest BCUT2D eigenvalue weighted by molar-refractivity contribution is 4.88. The molecule has 3 nitrogen and oxygen atoms in total. The summed E-state index contributed by atoms with van der Waals surface area (Å²) < 4.78 is 12.2. The van der Waals surface area contributed by atoms with Crippen molar-refractivity contribution >= 4 is 0 Å². The van der Waals surface area contributed by atoms with Crippen molar-refractivity contribution in [2.75, 3.05) is 19.7 Å². The molecule has 2 fully saturated rings. The van der Waals surface area contributed by atoms with Crippen LogP contribution < -0.4 is 0 Å². The molecule has 3 heteroatoms. The van der Waals surface area contributed by atoms with E-state index < -0.39 is 5.79 Å². The third-order valence-corrected chi connectivity index (χ3v) is 5.59. The van der Waals surface area contributed by atoms with Gasteiger partial charge >= 0.3 is 0 Å². The van der Waals surface area contributed by atoms with Gasteiger partial charge in [-0.3, -0.25) is 4.90 Å². The van der Waals surface area contributed by atoms with Crippen molar-refractivity contribution in [3.8, 4) is 0 Å². The van der Waals surface area contributed by atoms with Gasteiger partial charge in [0.15, 0.2) is 5.79 Å². The molecule has 2 atom stereocenters. The topological polar surface area (TPSA) is 21.7 Å². The normalized spacial score (nSPS) is 32.6. The molecule has 2 aliphatic heterocycles. The van der Waals surface area contributed by atoms with E-state index in [0.29, 0.717) is 0 Å². The number of hydrogen-bond donors (Lipinski definition) is 0. The Morgan fingerprint density at radius 3 is 2.19 bits per heavy atom. The fourth-order valence-electron chi connectivity index (χ4n) is 3.35. The summed E-state index contributed by atoms with van der Waals surface area (Å²) in [5, 5.41) is 0. The van der Waals surface area contributed by atoms with Crippen molar-refractivity contribution in [2.24, 2.45) is 5.41 Å². The summed E-state index contributed by atoms with van der Waals surface area (Å²) in [5.74, 6) is -0.438. The first-order chi connectivity index (χ1) is 9.64. The zero-order chi connectivity index (χ0) is 15.7. The number of hydrogen-bond acceptors (Lipinski definition) is 3. The Bertz CT molecular complexity index is 342. The van der Waals surface area contributed by atoms with Crippen molar-refractivity contribution in [1.29, 1.82) is 0 Å². The number of rotatable bonds is 4. The summed E-state index contributed by atoms with van der Waals surface area (Å²) in [6, 6.07) is 0. The van der Waals surface area contributed by atoms with Gasteiger partial charge in [-0.1, -0.05) is 27.2 Å². The van der Waals surface area contributed by atoms with Crippen LogP contribution in [0.15, 0.2) is 0 Å². The summed E-state index contributed by atoms with van der Waals surface area (Å²) >= 11 is 0. The minimum Gasteiger partial charge on any atom is -0.347 e. The standard InChI is InChI=1S/C18H35NO2/c1-16(2,3)18(6)20-14-15(21-18)10-11-17(4,5)19-12-8-7-9-13-19/h15H,7-14H2,1-6H3. The van der Waals surface area contributed by atoms with Crippen molar-refractivity contribution in [3.63, 3.8) is 0 Å². The SMILES string of the molecule is CC(C)(CCC1COC(C)(C(C)(C)C)O1)N1CCCCC1. The van der Waals surface area contributed by atoms with Gasteiger partial charge in [0.2, 0.25) is 0 Å². The van der Waals surface area contributed by atoms with Crippen molar-refractivity contribution in [2.45, 2.75) is 91.1 Å². The number of likely N-dealkylation sites (tertiary alicyclic amines) is 1. The molecule has 0 saturated carbocycles. The molecule has 2 rings (SSSR count). The lowest BCUT2D eigenvalue weighted by atomic mass is 9.86. The molecule has 21 heavy (non-hydrogen) atoms. The molecule has 0 aliphatic carbocycles. The minimum absolute atomic E-state index is 0.0180. The summed E-state index contributed by atoms with van der Waals surface area (Å²) in [6.45, 7) is 16.7. The molecular formula is C18H35NO2. The zero-order valence-corrected chi connectivity index (χ0v) is 15.0. The Morgan fingerprint density at radius 1 is 1.05 bits per heavy atom. The van der Waals surface area contributed by atoms with Gasteiger partial charge in [-0.2, -0.15) is 0 Å². The van der Waals surface area contributed by atoms with Crippen molar-refractivity contribution in [3.05, 3.63) is 0 Å². The summed E-state index contributed by atoms with van der Waals surface area (Å²) in [6.07, 6.45) is 6.63. The van der Waals surface area contributed by atoms with E-state index in [-0.39, 0.29) is 17.1 Å². The van der Waals surface area contributed by atoms with Crippen LogP contribution in [0.3, 0.4) is 0 Å². The van der Waals surface area contributed by atoms with Crippen LogP contribution in [-0.4, -0.2) is 42.0 Å². The van der Waals surface area contributed by atoms with Gasteiger partial charge in [0.25, 0.3) is 0 Å². The second-order valence-electron chi connectivity index (χ2n) is 8.65. The second kappa shape index (κ2) is 6.17. The minimum atomic E-state index is -0.438. The molecule has 0 aromatic carbocycles. The zero-order valence-electron chi connectivity index (χ0n) is 15.0. The molecule has 0 N–H and O–H groups in total. The molecule has 2 unspecified atom stereocenters. The van der Waals surface area contributed by atoms with Crippen LogP contribution in [0.1, 0.15) is 73.6 Å². The molecule has 124 valence electrons. The number of ether oxygens (including phenoxy) is 2.